The number of para-hydroxylation sites is 1. The molecule has 1 atom stereocenters. The first-order valence-electron chi connectivity index (χ1n) is 11.3. The lowest BCUT2D eigenvalue weighted by Crippen LogP contribution is -2.42. The molecule has 0 aromatic heterocycles. The number of thioether (sulfide) groups is 1. The summed E-state index contributed by atoms with van der Waals surface area (Å²) >= 11 is 1.29. The maximum Gasteiger partial charge on any atom is 0.269 e. The van der Waals surface area contributed by atoms with Gasteiger partial charge in [-0.3, -0.25) is 24.7 Å². The van der Waals surface area contributed by atoms with E-state index in [2.05, 4.69) is 15.3 Å². The number of hydrogen-bond donors (Lipinski definition) is 1. The van der Waals surface area contributed by atoms with Crippen molar-refractivity contribution in [1.82, 2.24) is 10.2 Å². The summed E-state index contributed by atoms with van der Waals surface area (Å²) in [5, 5.41) is 14.4. The number of carbonyl (C=O) groups excluding carboxylic acids is 2. The van der Waals surface area contributed by atoms with Gasteiger partial charge in [-0.1, -0.05) is 66.4 Å². The number of fused-ring (bicyclic) bond motifs is 3. The van der Waals surface area contributed by atoms with Crippen LogP contribution < -0.4 is 5.32 Å². The number of non-ortho nitro benzene ring substituents is 1. The third-order valence-electron chi connectivity index (χ3n) is 5.75. The number of rotatable bonds is 7. The molecule has 1 N–H and O–H groups in total. The summed E-state index contributed by atoms with van der Waals surface area (Å²) in [6, 6.07) is 22.4. The van der Waals surface area contributed by atoms with Crippen LogP contribution in [-0.2, 0) is 21.9 Å². The Bertz CT molecular complexity index is 1410. The minimum atomic E-state index is -0.856. The minimum Gasteiger partial charge on any atom is -0.352 e. The number of nitrogens with zero attached hydrogens (tertiary/aromatic N) is 4. The number of hydrogen-bond acceptors (Lipinski definition) is 7. The van der Waals surface area contributed by atoms with Crippen LogP contribution in [0.5, 0.6) is 0 Å². The molecule has 2 heterocycles. The van der Waals surface area contributed by atoms with E-state index in [1.54, 1.807) is 12.1 Å². The Balaban J connectivity index is 1.34. The van der Waals surface area contributed by atoms with Gasteiger partial charge in [0.05, 0.1) is 17.0 Å². The number of aliphatic imine (C=N–C) groups is 2. The quantitative estimate of drug-likeness (QED) is 0.386. The molecule has 3 aromatic rings. The Labute approximate surface area is 211 Å². The highest BCUT2D eigenvalue weighted by Gasteiger charge is 2.42. The lowest BCUT2D eigenvalue weighted by Gasteiger charge is -2.25. The van der Waals surface area contributed by atoms with Gasteiger partial charge in [-0.25, -0.2) is 9.89 Å². The Morgan fingerprint density at radius 2 is 1.78 bits per heavy atom. The predicted molar refractivity (Wildman–Crippen MR) is 138 cm³/mol. The van der Waals surface area contributed by atoms with Crippen molar-refractivity contribution in [1.29, 1.82) is 0 Å². The van der Waals surface area contributed by atoms with Gasteiger partial charge in [-0.05, 0) is 23.3 Å². The average Bonchev–Trinajstić information content (AvgIpc) is 3.23. The van der Waals surface area contributed by atoms with E-state index in [-0.39, 0.29) is 23.9 Å². The number of carbonyl (C=O) groups is 2. The van der Waals surface area contributed by atoms with Gasteiger partial charge in [-0.15, -0.1) is 0 Å². The zero-order valence-electron chi connectivity index (χ0n) is 19.0. The average molecular weight is 500 g/mol. The van der Waals surface area contributed by atoms with E-state index >= 15 is 0 Å². The van der Waals surface area contributed by atoms with E-state index in [0.717, 1.165) is 16.7 Å². The zero-order chi connectivity index (χ0) is 25.1. The van der Waals surface area contributed by atoms with Crippen LogP contribution in [0.3, 0.4) is 0 Å². The van der Waals surface area contributed by atoms with E-state index in [4.69, 9.17) is 0 Å². The molecule has 0 fully saturated rings. The summed E-state index contributed by atoms with van der Waals surface area (Å²) < 4.78 is 0. The van der Waals surface area contributed by atoms with Gasteiger partial charge in [0.25, 0.3) is 11.6 Å². The van der Waals surface area contributed by atoms with E-state index in [1.165, 1.54) is 28.8 Å². The predicted octanol–water partition coefficient (Wildman–Crippen LogP) is 4.19. The van der Waals surface area contributed by atoms with Crippen molar-refractivity contribution in [2.24, 2.45) is 9.98 Å². The van der Waals surface area contributed by atoms with E-state index in [9.17, 15) is 19.7 Å². The highest BCUT2D eigenvalue weighted by Crippen LogP contribution is 2.35. The molecule has 0 spiro atoms. The van der Waals surface area contributed by atoms with Gasteiger partial charge in [0.1, 0.15) is 11.9 Å². The fraction of sp³-hybridized carbons (Fsp3) is 0.154. The Kier molecular flexibility index (Phi) is 6.59. The normalized spacial score (nSPS) is 16.1. The van der Waals surface area contributed by atoms with Crippen LogP contribution in [0.2, 0.25) is 0 Å². The summed E-state index contributed by atoms with van der Waals surface area (Å²) in [4.78, 5) is 47.4. The number of nitro groups is 1. The third-order valence-corrected chi connectivity index (χ3v) is 6.76. The van der Waals surface area contributed by atoms with Crippen molar-refractivity contribution < 1.29 is 14.5 Å². The molecule has 0 saturated carbocycles. The SMILES string of the molecule is O=C(C[C@@H]1N=C2c3ccccc3N=C(SCc3cccc([N+](=O)[O-])c3)N2C1=O)NCc1ccccc1. The first kappa shape index (κ1) is 23.4. The molecule has 10 heteroatoms. The largest absolute Gasteiger partial charge is 0.352 e. The molecule has 0 bridgehead atoms. The van der Waals surface area contributed by atoms with Crippen molar-refractivity contribution in [3.63, 3.8) is 0 Å². The second-order valence-corrected chi connectivity index (χ2v) is 9.18. The molecule has 36 heavy (non-hydrogen) atoms. The van der Waals surface area contributed by atoms with E-state index < -0.39 is 11.0 Å². The molecular weight excluding hydrogens is 478 g/mol. The second-order valence-electron chi connectivity index (χ2n) is 8.24. The Morgan fingerprint density at radius 3 is 2.58 bits per heavy atom. The highest BCUT2D eigenvalue weighted by atomic mass is 32.2. The van der Waals surface area contributed by atoms with Crippen LogP contribution in [0.4, 0.5) is 11.4 Å². The highest BCUT2D eigenvalue weighted by molar-refractivity contribution is 8.13. The first-order chi connectivity index (χ1) is 17.5. The van der Waals surface area contributed by atoms with E-state index in [0.29, 0.717) is 29.0 Å². The Morgan fingerprint density at radius 1 is 1.03 bits per heavy atom. The molecule has 9 nitrogen and oxygen atoms in total. The molecule has 2 aliphatic rings. The van der Waals surface area contributed by atoms with Crippen molar-refractivity contribution >= 4 is 46.0 Å². The van der Waals surface area contributed by atoms with Crippen molar-refractivity contribution in [2.75, 3.05) is 0 Å². The fourth-order valence-corrected chi connectivity index (χ4v) is 4.93. The number of amidine groups is 2. The third kappa shape index (κ3) is 4.89. The van der Waals surface area contributed by atoms with Crippen LogP contribution in [0.25, 0.3) is 0 Å². The van der Waals surface area contributed by atoms with Crippen LogP contribution >= 0.6 is 11.8 Å². The summed E-state index contributed by atoms with van der Waals surface area (Å²) in [7, 11) is 0. The lowest BCUT2D eigenvalue weighted by atomic mass is 10.1. The van der Waals surface area contributed by atoms with Gasteiger partial charge in [0.2, 0.25) is 5.91 Å². The molecule has 0 unspecified atom stereocenters. The van der Waals surface area contributed by atoms with Gasteiger partial charge in [0.15, 0.2) is 5.17 Å². The van der Waals surface area contributed by atoms with Crippen molar-refractivity contribution in [3.05, 3.63) is 106 Å². The monoisotopic (exact) mass is 499 g/mol. The number of benzene rings is 3. The van der Waals surface area contributed by atoms with Crippen molar-refractivity contribution in [2.45, 2.75) is 24.8 Å². The number of nitrogens with one attached hydrogen (secondary N) is 1. The first-order valence-corrected chi connectivity index (χ1v) is 12.2. The molecule has 0 saturated heterocycles. The summed E-state index contributed by atoms with van der Waals surface area (Å²) in [5.74, 6) is 0.257. The van der Waals surface area contributed by atoms with Crippen molar-refractivity contribution in [3.8, 4) is 0 Å². The summed E-state index contributed by atoms with van der Waals surface area (Å²) in [6.45, 7) is 0.371. The van der Waals surface area contributed by atoms with Gasteiger partial charge >= 0.3 is 0 Å². The molecule has 180 valence electrons. The van der Waals surface area contributed by atoms with Crippen LogP contribution in [0, 0.1) is 10.1 Å². The zero-order valence-corrected chi connectivity index (χ0v) is 19.9. The number of amides is 2. The molecular formula is C26H21N5O4S. The maximum absolute atomic E-state index is 13.4. The van der Waals surface area contributed by atoms with Crippen LogP contribution in [0.15, 0.2) is 88.8 Å². The van der Waals surface area contributed by atoms with E-state index in [1.807, 2.05) is 54.6 Å². The van der Waals surface area contributed by atoms with Crippen LogP contribution in [-0.4, -0.2) is 38.7 Å². The second kappa shape index (κ2) is 10.1. The standard InChI is InChI=1S/C26H21N5O4S/c32-23(27-15-17-7-2-1-3-8-17)14-22-25(33)30-24(28-22)20-11-4-5-12-21(20)29-26(30)36-16-18-9-6-10-19(13-18)31(34)35/h1-13,22H,14-16H2,(H,27,32)/t22-/m0/s1. The molecule has 2 aliphatic heterocycles. The number of nitro benzene ring substituents is 1. The Hall–Kier alpha value is -4.31. The van der Waals surface area contributed by atoms with Crippen LogP contribution in [0.1, 0.15) is 23.1 Å². The topological polar surface area (TPSA) is 117 Å². The smallest absolute Gasteiger partial charge is 0.269 e. The molecule has 5 rings (SSSR count). The summed E-state index contributed by atoms with van der Waals surface area (Å²) in [6.07, 6.45) is -0.0728. The van der Waals surface area contributed by atoms with Gasteiger partial charge < -0.3 is 5.32 Å². The molecule has 0 aliphatic carbocycles. The lowest BCUT2D eigenvalue weighted by molar-refractivity contribution is -0.384. The molecule has 2 amide bonds. The maximum atomic E-state index is 13.4. The molecule has 0 radical (unpaired) electrons. The minimum absolute atomic E-state index is 0.00473. The summed E-state index contributed by atoms with van der Waals surface area (Å²) in [5.41, 5.74) is 3.10. The van der Waals surface area contributed by atoms with Gasteiger partial charge in [0, 0.05) is 30.0 Å². The fourth-order valence-electron chi connectivity index (χ4n) is 3.98. The van der Waals surface area contributed by atoms with Gasteiger partial charge in [-0.2, -0.15) is 0 Å². The molecule has 3 aromatic carbocycles.